The summed E-state index contributed by atoms with van der Waals surface area (Å²) in [6.45, 7) is 12.0. The maximum atomic E-state index is 3.64. The van der Waals surface area contributed by atoms with Crippen LogP contribution in [0.5, 0.6) is 0 Å². The van der Waals surface area contributed by atoms with E-state index in [1.165, 1.54) is 71.2 Å². The van der Waals surface area contributed by atoms with Crippen molar-refractivity contribution in [1.82, 2.24) is 15.1 Å². The molecule has 3 nitrogen and oxygen atoms in total. The summed E-state index contributed by atoms with van der Waals surface area (Å²) in [4.78, 5) is 5.43. The summed E-state index contributed by atoms with van der Waals surface area (Å²) in [5.41, 5.74) is 0. The van der Waals surface area contributed by atoms with Gasteiger partial charge in [-0.15, -0.1) is 0 Å². The van der Waals surface area contributed by atoms with Gasteiger partial charge in [0, 0.05) is 44.8 Å². The second kappa shape index (κ2) is 8.23. The minimum atomic E-state index is 0.702. The van der Waals surface area contributed by atoms with Gasteiger partial charge in [0.05, 0.1) is 0 Å². The van der Waals surface area contributed by atoms with Crippen molar-refractivity contribution < 1.29 is 0 Å². The highest BCUT2D eigenvalue weighted by Crippen LogP contribution is 2.24. The average Bonchev–Trinajstić information content (AvgIpc) is 2.94. The van der Waals surface area contributed by atoms with Gasteiger partial charge in [0.25, 0.3) is 0 Å². The van der Waals surface area contributed by atoms with Gasteiger partial charge >= 0.3 is 0 Å². The number of likely N-dealkylation sites (N-methyl/N-ethyl adjacent to an activating group) is 1. The first kappa shape index (κ1) is 15.3. The molecule has 0 bridgehead atoms. The molecule has 1 atom stereocenters. The van der Waals surface area contributed by atoms with Crippen LogP contribution in [0.15, 0.2) is 0 Å². The third-order valence-electron chi connectivity index (χ3n) is 4.86. The third kappa shape index (κ3) is 4.73. The Morgan fingerprint density at radius 2 is 1.74 bits per heavy atom. The molecule has 1 N–H and O–H groups in total. The van der Waals surface area contributed by atoms with Gasteiger partial charge in [0.1, 0.15) is 0 Å². The fourth-order valence-electron chi connectivity index (χ4n) is 3.79. The lowest BCUT2D eigenvalue weighted by atomic mass is 10.1. The largest absolute Gasteiger partial charge is 0.313 e. The zero-order valence-electron chi connectivity index (χ0n) is 13.0. The van der Waals surface area contributed by atoms with Gasteiger partial charge in [-0.25, -0.2) is 0 Å². The molecule has 0 aromatic carbocycles. The van der Waals surface area contributed by atoms with Crippen molar-refractivity contribution in [1.29, 1.82) is 0 Å². The van der Waals surface area contributed by atoms with E-state index in [9.17, 15) is 0 Å². The van der Waals surface area contributed by atoms with Crippen LogP contribution in [-0.2, 0) is 0 Å². The van der Waals surface area contributed by atoms with Gasteiger partial charge < -0.3 is 5.32 Å². The number of hydrogen-bond acceptors (Lipinski definition) is 3. The molecule has 1 heterocycles. The quantitative estimate of drug-likeness (QED) is 0.764. The van der Waals surface area contributed by atoms with Gasteiger partial charge in [-0.1, -0.05) is 33.1 Å². The number of hydrogen-bond donors (Lipinski definition) is 1. The van der Waals surface area contributed by atoms with Gasteiger partial charge in [-0.2, -0.15) is 0 Å². The molecule has 0 aromatic heterocycles. The van der Waals surface area contributed by atoms with Gasteiger partial charge in [-0.3, -0.25) is 9.80 Å². The van der Waals surface area contributed by atoms with E-state index in [1.807, 2.05) is 0 Å². The number of piperazine rings is 1. The molecule has 2 fully saturated rings. The van der Waals surface area contributed by atoms with E-state index in [4.69, 9.17) is 0 Å². The lowest BCUT2D eigenvalue weighted by Crippen LogP contribution is -2.52. The Kier molecular flexibility index (Phi) is 6.62. The Labute approximate surface area is 119 Å². The van der Waals surface area contributed by atoms with E-state index >= 15 is 0 Å². The lowest BCUT2D eigenvalue weighted by molar-refractivity contribution is 0.0907. The van der Waals surface area contributed by atoms with Crippen LogP contribution in [0.1, 0.15) is 52.4 Å². The highest BCUT2D eigenvalue weighted by molar-refractivity contribution is 4.83. The van der Waals surface area contributed by atoms with E-state index in [1.54, 1.807) is 0 Å². The smallest absolute Gasteiger partial charge is 0.0194 e. The van der Waals surface area contributed by atoms with Crippen molar-refractivity contribution in [2.24, 2.45) is 0 Å². The van der Waals surface area contributed by atoms with Crippen molar-refractivity contribution in [3.63, 3.8) is 0 Å². The van der Waals surface area contributed by atoms with Crippen LogP contribution in [-0.4, -0.2) is 61.2 Å². The molecule has 0 spiro atoms. The number of rotatable bonds is 7. The van der Waals surface area contributed by atoms with E-state index in [0.29, 0.717) is 6.04 Å². The van der Waals surface area contributed by atoms with Crippen LogP contribution in [0.4, 0.5) is 0 Å². The van der Waals surface area contributed by atoms with Crippen molar-refractivity contribution in [2.75, 3.05) is 39.3 Å². The summed E-state index contributed by atoms with van der Waals surface area (Å²) in [6.07, 6.45) is 8.44. The molecule has 0 radical (unpaired) electrons. The Hall–Kier alpha value is -0.120. The number of nitrogens with zero attached hydrogens (tertiary/aromatic N) is 2. The predicted molar refractivity (Wildman–Crippen MR) is 82.6 cm³/mol. The van der Waals surface area contributed by atoms with Gasteiger partial charge in [-0.05, 0) is 25.8 Å². The summed E-state index contributed by atoms with van der Waals surface area (Å²) in [6, 6.07) is 1.62. The summed E-state index contributed by atoms with van der Waals surface area (Å²) < 4.78 is 0. The summed E-state index contributed by atoms with van der Waals surface area (Å²) in [7, 11) is 0. The SMILES string of the molecule is CCCC(CN1CCN(C2CCCC2)CC1)NCC. The Morgan fingerprint density at radius 3 is 2.32 bits per heavy atom. The Morgan fingerprint density at radius 1 is 1.05 bits per heavy atom. The van der Waals surface area contributed by atoms with Crippen LogP contribution in [0.2, 0.25) is 0 Å². The second-order valence-corrected chi connectivity index (χ2v) is 6.32. The molecule has 1 saturated carbocycles. The second-order valence-electron chi connectivity index (χ2n) is 6.32. The number of nitrogens with one attached hydrogen (secondary N) is 1. The van der Waals surface area contributed by atoms with Crippen LogP contribution in [0, 0.1) is 0 Å². The summed E-state index contributed by atoms with van der Waals surface area (Å²) >= 11 is 0. The van der Waals surface area contributed by atoms with Crippen LogP contribution in [0.25, 0.3) is 0 Å². The molecule has 112 valence electrons. The average molecular weight is 267 g/mol. The van der Waals surface area contributed by atoms with Crippen LogP contribution in [0.3, 0.4) is 0 Å². The van der Waals surface area contributed by atoms with Crippen molar-refractivity contribution in [2.45, 2.75) is 64.5 Å². The minimum Gasteiger partial charge on any atom is -0.313 e. The fraction of sp³-hybridized carbons (Fsp3) is 1.00. The fourth-order valence-corrected chi connectivity index (χ4v) is 3.79. The van der Waals surface area contributed by atoms with E-state index in [2.05, 4.69) is 29.0 Å². The normalized spacial score (nSPS) is 24.9. The molecule has 2 rings (SSSR count). The standard InChI is InChI=1S/C16H33N3/c1-3-7-15(17-4-2)14-18-10-12-19(13-11-18)16-8-5-6-9-16/h15-17H,3-14H2,1-2H3. The zero-order valence-corrected chi connectivity index (χ0v) is 13.0. The maximum Gasteiger partial charge on any atom is 0.0194 e. The monoisotopic (exact) mass is 267 g/mol. The highest BCUT2D eigenvalue weighted by Gasteiger charge is 2.26. The van der Waals surface area contributed by atoms with Crippen LogP contribution < -0.4 is 5.32 Å². The first-order valence-electron chi connectivity index (χ1n) is 8.53. The maximum absolute atomic E-state index is 3.64. The molecule has 1 unspecified atom stereocenters. The summed E-state index contributed by atoms with van der Waals surface area (Å²) in [5.74, 6) is 0. The van der Waals surface area contributed by atoms with E-state index in [-0.39, 0.29) is 0 Å². The highest BCUT2D eigenvalue weighted by atomic mass is 15.3. The van der Waals surface area contributed by atoms with E-state index in [0.717, 1.165) is 12.6 Å². The molecule has 1 aliphatic heterocycles. The molecule has 0 aromatic rings. The lowest BCUT2D eigenvalue weighted by Gasteiger charge is -2.39. The van der Waals surface area contributed by atoms with Crippen molar-refractivity contribution >= 4 is 0 Å². The Balaban J connectivity index is 1.69. The molecule has 1 saturated heterocycles. The van der Waals surface area contributed by atoms with Crippen LogP contribution >= 0.6 is 0 Å². The third-order valence-corrected chi connectivity index (χ3v) is 4.86. The first-order valence-corrected chi connectivity index (χ1v) is 8.53. The predicted octanol–water partition coefficient (Wildman–Crippen LogP) is 2.32. The van der Waals surface area contributed by atoms with Gasteiger partial charge in [0.15, 0.2) is 0 Å². The molecule has 1 aliphatic carbocycles. The minimum absolute atomic E-state index is 0.702. The molecule has 0 amide bonds. The molecule has 2 aliphatic rings. The van der Waals surface area contributed by atoms with Crippen molar-refractivity contribution in [3.8, 4) is 0 Å². The zero-order chi connectivity index (χ0) is 13.5. The molecule has 3 heteroatoms. The van der Waals surface area contributed by atoms with Crippen molar-refractivity contribution in [3.05, 3.63) is 0 Å². The Bertz CT molecular complexity index is 224. The molecular formula is C16H33N3. The molecular weight excluding hydrogens is 234 g/mol. The van der Waals surface area contributed by atoms with E-state index < -0.39 is 0 Å². The topological polar surface area (TPSA) is 18.5 Å². The molecule has 19 heavy (non-hydrogen) atoms. The first-order chi connectivity index (χ1) is 9.33. The summed E-state index contributed by atoms with van der Waals surface area (Å²) in [5, 5.41) is 3.64. The van der Waals surface area contributed by atoms with Gasteiger partial charge in [0.2, 0.25) is 0 Å².